The van der Waals surface area contributed by atoms with Gasteiger partial charge in [-0.25, -0.2) is 4.39 Å². The lowest BCUT2D eigenvalue weighted by Crippen LogP contribution is -2.40. The molecule has 21 heavy (non-hydrogen) atoms. The zero-order chi connectivity index (χ0) is 15.3. The Hall–Kier alpha value is -1.19. The van der Waals surface area contributed by atoms with Crippen LogP contribution in [-0.2, 0) is 12.8 Å². The molecule has 0 aliphatic rings. The van der Waals surface area contributed by atoms with Crippen molar-refractivity contribution >= 4 is 11.3 Å². The molecule has 0 aliphatic carbocycles. The molecule has 1 heterocycles. The maximum atomic E-state index is 13.4. The van der Waals surface area contributed by atoms with Gasteiger partial charge in [0, 0.05) is 10.4 Å². The van der Waals surface area contributed by atoms with Crippen LogP contribution in [0.3, 0.4) is 0 Å². The van der Waals surface area contributed by atoms with Crippen molar-refractivity contribution in [2.24, 2.45) is 5.92 Å². The summed E-state index contributed by atoms with van der Waals surface area (Å²) < 4.78 is 13.4. The van der Waals surface area contributed by atoms with Crippen LogP contribution in [0.25, 0.3) is 0 Å². The van der Waals surface area contributed by atoms with Crippen LogP contribution in [0.1, 0.15) is 31.2 Å². The van der Waals surface area contributed by atoms with E-state index in [1.54, 1.807) is 23.5 Å². The number of rotatable bonds is 6. The molecule has 114 valence electrons. The summed E-state index contributed by atoms with van der Waals surface area (Å²) in [4.78, 5) is 1.40. The lowest BCUT2D eigenvalue weighted by molar-refractivity contribution is 0.368. The van der Waals surface area contributed by atoms with E-state index >= 15 is 0 Å². The Morgan fingerprint density at radius 3 is 2.57 bits per heavy atom. The molecule has 2 aromatic rings. The van der Waals surface area contributed by atoms with Crippen molar-refractivity contribution in [3.05, 3.63) is 58.0 Å². The highest BCUT2D eigenvalue weighted by atomic mass is 32.1. The van der Waals surface area contributed by atoms with Crippen molar-refractivity contribution in [3.63, 3.8) is 0 Å². The lowest BCUT2D eigenvalue weighted by atomic mass is 9.94. The molecule has 1 N–H and O–H groups in total. The third-order valence-corrected chi connectivity index (χ3v) is 4.30. The van der Waals surface area contributed by atoms with Gasteiger partial charge < -0.3 is 5.32 Å². The van der Waals surface area contributed by atoms with Gasteiger partial charge in [0.25, 0.3) is 0 Å². The van der Waals surface area contributed by atoms with Gasteiger partial charge in [0.15, 0.2) is 0 Å². The van der Waals surface area contributed by atoms with E-state index in [2.05, 4.69) is 43.6 Å². The fraction of sp³-hybridized carbons (Fsp3) is 0.444. The van der Waals surface area contributed by atoms with Crippen molar-refractivity contribution in [2.45, 2.75) is 39.2 Å². The number of hydrogen-bond donors (Lipinski definition) is 1. The summed E-state index contributed by atoms with van der Waals surface area (Å²) in [7, 11) is 0. The molecule has 3 heteroatoms. The predicted molar refractivity (Wildman–Crippen MR) is 89.4 cm³/mol. The summed E-state index contributed by atoms with van der Waals surface area (Å²) in [5, 5.41) is 5.70. The van der Waals surface area contributed by atoms with E-state index < -0.39 is 0 Å². The second-order valence-electron chi connectivity index (χ2n) is 6.61. The van der Waals surface area contributed by atoms with E-state index in [0.717, 1.165) is 24.9 Å². The fourth-order valence-electron chi connectivity index (χ4n) is 2.38. The number of benzene rings is 1. The summed E-state index contributed by atoms with van der Waals surface area (Å²) in [5.74, 6) is 0.329. The summed E-state index contributed by atoms with van der Waals surface area (Å²) in [6, 6.07) is 11.2. The second kappa shape index (κ2) is 7.19. The van der Waals surface area contributed by atoms with Crippen LogP contribution in [0.2, 0.25) is 0 Å². The highest BCUT2D eigenvalue weighted by molar-refractivity contribution is 7.09. The summed E-state index contributed by atoms with van der Waals surface area (Å²) in [5.41, 5.74) is 1.18. The van der Waals surface area contributed by atoms with Crippen LogP contribution in [0.5, 0.6) is 0 Å². The summed E-state index contributed by atoms with van der Waals surface area (Å²) in [6.07, 6.45) is 1.94. The molecule has 1 atom stereocenters. The monoisotopic (exact) mass is 305 g/mol. The van der Waals surface area contributed by atoms with Gasteiger partial charge in [-0.2, -0.15) is 0 Å². The quantitative estimate of drug-likeness (QED) is 0.817. The Bertz CT molecular complexity index is 543. The van der Waals surface area contributed by atoms with Crippen molar-refractivity contribution < 1.29 is 4.39 Å². The Morgan fingerprint density at radius 1 is 1.14 bits per heavy atom. The van der Waals surface area contributed by atoms with Gasteiger partial charge >= 0.3 is 0 Å². The molecule has 1 aromatic carbocycles. The normalized spacial score (nSPS) is 13.3. The predicted octanol–water partition coefficient (Wildman–Crippen LogP) is 4.68. The SMILES string of the molecule is CC(C)(C)NCC(Cc1cccc(F)c1)Cc1cccs1. The molecule has 0 aliphatic heterocycles. The summed E-state index contributed by atoms with van der Waals surface area (Å²) >= 11 is 1.80. The van der Waals surface area contributed by atoms with Crippen molar-refractivity contribution in [1.29, 1.82) is 0 Å². The third kappa shape index (κ3) is 5.98. The first-order valence-corrected chi connectivity index (χ1v) is 8.32. The van der Waals surface area contributed by atoms with Gasteiger partial charge in [-0.1, -0.05) is 18.2 Å². The minimum Gasteiger partial charge on any atom is -0.312 e. The molecule has 1 unspecified atom stereocenters. The first kappa shape index (κ1) is 16.2. The molecule has 1 nitrogen and oxygen atoms in total. The molecule has 0 spiro atoms. The number of thiophene rings is 1. The van der Waals surface area contributed by atoms with Gasteiger partial charge in [0.2, 0.25) is 0 Å². The van der Waals surface area contributed by atoms with Gasteiger partial charge in [-0.15, -0.1) is 11.3 Å². The topological polar surface area (TPSA) is 12.0 Å². The molecule has 0 amide bonds. The highest BCUT2D eigenvalue weighted by Gasteiger charge is 2.16. The van der Waals surface area contributed by atoms with Gasteiger partial charge in [-0.3, -0.25) is 0 Å². The average molecular weight is 305 g/mol. The van der Waals surface area contributed by atoms with Crippen LogP contribution in [0.4, 0.5) is 4.39 Å². The standard InChI is InChI=1S/C18H24FNS/c1-18(2,3)20-13-15(12-17-8-5-9-21-17)10-14-6-4-7-16(19)11-14/h4-9,11,15,20H,10,12-13H2,1-3H3. The maximum Gasteiger partial charge on any atom is 0.123 e. The Morgan fingerprint density at radius 2 is 1.95 bits per heavy atom. The Labute approximate surface area is 131 Å². The first-order chi connectivity index (χ1) is 9.92. The molecule has 0 fully saturated rings. The van der Waals surface area contributed by atoms with E-state index in [-0.39, 0.29) is 11.4 Å². The second-order valence-corrected chi connectivity index (χ2v) is 7.65. The lowest BCUT2D eigenvalue weighted by Gasteiger charge is -2.25. The van der Waals surface area contributed by atoms with Gasteiger partial charge in [0.1, 0.15) is 5.82 Å². The molecular weight excluding hydrogens is 281 g/mol. The van der Waals surface area contributed by atoms with Gasteiger partial charge in [0.05, 0.1) is 0 Å². The number of halogens is 1. The third-order valence-electron chi connectivity index (χ3n) is 3.40. The summed E-state index contributed by atoms with van der Waals surface area (Å²) in [6.45, 7) is 7.48. The van der Waals surface area contributed by atoms with E-state index in [4.69, 9.17) is 0 Å². The fourth-order valence-corrected chi connectivity index (χ4v) is 3.20. The van der Waals surface area contributed by atoms with E-state index in [9.17, 15) is 4.39 Å². The molecular formula is C18H24FNS. The molecule has 1 aromatic heterocycles. The number of hydrogen-bond acceptors (Lipinski definition) is 2. The molecule has 0 bridgehead atoms. The van der Waals surface area contributed by atoms with Crippen LogP contribution in [0, 0.1) is 11.7 Å². The van der Waals surface area contributed by atoms with E-state index in [1.165, 1.54) is 10.9 Å². The van der Waals surface area contributed by atoms with Crippen LogP contribution in [0.15, 0.2) is 41.8 Å². The Balaban J connectivity index is 2.03. The highest BCUT2D eigenvalue weighted by Crippen LogP contribution is 2.19. The van der Waals surface area contributed by atoms with Gasteiger partial charge in [-0.05, 0) is 75.2 Å². The molecule has 0 radical (unpaired) electrons. The number of nitrogens with one attached hydrogen (secondary N) is 1. The van der Waals surface area contributed by atoms with Crippen molar-refractivity contribution in [3.8, 4) is 0 Å². The van der Waals surface area contributed by atoms with Crippen LogP contribution in [-0.4, -0.2) is 12.1 Å². The van der Waals surface area contributed by atoms with Crippen LogP contribution < -0.4 is 5.32 Å². The van der Waals surface area contributed by atoms with E-state index in [0.29, 0.717) is 5.92 Å². The molecule has 0 saturated carbocycles. The first-order valence-electron chi connectivity index (χ1n) is 7.44. The van der Waals surface area contributed by atoms with Crippen molar-refractivity contribution in [1.82, 2.24) is 5.32 Å². The Kier molecular flexibility index (Phi) is 5.54. The molecule has 2 rings (SSSR count). The zero-order valence-electron chi connectivity index (χ0n) is 13.0. The maximum absolute atomic E-state index is 13.4. The minimum atomic E-state index is -0.147. The van der Waals surface area contributed by atoms with Crippen molar-refractivity contribution in [2.75, 3.05) is 6.54 Å². The van der Waals surface area contributed by atoms with Crippen LogP contribution >= 0.6 is 11.3 Å². The largest absolute Gasteiger partial charge is 0.312 e. The smallest absolute Gasteiger partial charge is 0.123 e. The zero-order valence-corrected chi connectivity index (χ0v) is 13.8. The average Bonchev–Trinajstić information content (AvgIpc) is 2.88. The van der Waals surface area contributed by atoms with E-state index in [1.807, 2.05) is 6.07 Å². The molecule has 0 saturated heterocycles. The minimum absolute atomic E-state index is 0.107.